The number of anilines is 1. The second kappa shape index (κ2) is 7.43. The highest BCUT2D eigenvalue weighted by Crippen LogP contribution is 2.30. The molecule has 138 valence electrons. The summed E-state index contributed by atoms with van der Waals surface area (Å²) in [6, 6.07) is 4.73. The minimum atomic E-state index is -3.32. The summed E-state index contributed by atoms with van der Waals surface area (Å²) in [5.74, 6) is -0.666. The van der Waals surface area contributed by atoms with Crippen LogP contribution in [0.2, 0.25) is 0 Å². The van der Waals surface area contributed by atoms with Gasteiger partial charge in [0.25, 0.3) is 5.91 Å². The zero-order chi connectivity index (χ0) is 18.8. The first-order valence-corrected chi connectivity index (χ1v) is 10.0. The van der Waals surface area contributed by atoms with Crippen LogP contribution in [0, 0.1) is 5.92 Å². The van der Waals surface area contributed by atoms with Gasteiger partial charge in [-0.3, -0.25) is 9.10 Å². The highest BCUT2D eigenvalue weighted by molar-refractivity contribution is 7.92. The summed E-state index contributed by atoms with van der Waals surface area (Å²) in [4.78, 5) is 23.9. The predicted octanol–water partition coefficient (Wildman–Crippen LogP) is 1.33. The molecule has 0 saturated carbocycles. The van der Waals surface area contributed by atoms with E-state index in [4.69, 9.17) is 4.74 Å². The van der Waals surface area contributed by atoms with Crippen molar-refractivity contribution in [1.29, 1.82) is 0 Å². The van der Waals surface area contributed by atoms with Gasteiger partial charge in [0.1, 0.15) is 0 Å². The van der Waals surface area contributed by atoms with E-state index in [1.807, 2.05) is 20.8 Å². The SMILES string of the molecule is CC(C)[C@@H](C)NC(=O)COC(=O)c1ccc2c(c1)CCN2S(C)(=O)=O. The van der Waals surface area contributed by atoms with Crippen LogP contribution >= 0.6 is 0 Å². The Labute approximate surface area is 148 Å². The Hall–Kier alpha value is -2.09. The van der Waals surface area contributed by atoms with E-state index >= 15 is 0 Å². The van der Waals surface area contributed by atoms with Crippen molar-refractivity contribution < 1.29 is 22.7 Å². The van der Waals surface area contributed by atoms with E-state index in [1.165, 1.54) is 10.4 Å². The number of benzene rings is 1. The topological polar surface area (TPSA) is 92.8 Å². The molecule has 0 fully saturated rings. The van der Waals surface area contributed by atoms with Crippen molar-refractivity contribution >= 4 is 27.6 Å². The molecule has 1 amide bonds. The minimum Gasteiger partial charge on any atom is -0.452 e. The average molecular weight is 368 g/mol. The van der Waals surface area contributed by atoms with Gasteiger partial charge in [-0.2, -0.15) is 0 Å². The fourth-order valence-electron chi connectivity index (χ4n) is 2.52. The molecule has 1 heterocycles. The minimum absolute atomic E-state index is 0.00632. The fraction of sp³-hybridized carbons (Fsp3) is 0.529. The van der Waals surface area contributed by atoms with Gasteiger partial charge in [-0.15, -0.1) is 0 Å². The molecule has 1 aromatic rings. The lowest BCUT2D eigenvalue weighted by Crippen LogP contribution is -2.38. The van der Waals surface area contributed by atoms with E-state index in [9.17, 15) is 18.0 Å². The number of esters is 1. The van der Waals surface area contributed by atoms with E-state index in [0.29, 0.717) is 24.2 Å². The summed E-state index contributed by atoms with van der Waals surface area (Å²) >= 11 is 0. The Bertz CT molecular complexity index is 773. The van der Waals surface area contributed by atoms with Gasteiger partial charge in [0, 0.05) is 12.6 Å². The average Bonchev–Trinajstić information content (AvgIpc) is 2.95. The summed E-state index contributed by atoms with van der Waals surface area (Å²) < 4.78 is 29.8. The van der Waals surface area contributed by atoms with Gasteiger partial charge in [0.2, 0.25) is 10.0 Å². The number of hydrogen-bond acceptors (Lipinski definition) is 5. The molecule has 0 aliphatic carbocycles. The molecule has 0 spiro atoms. The van der Waals surface area contributed by atoms with Crippen LogP contribution in [0.4, 0.5) is 5.69 Å². The Morgan fingerprint density at radius 1 is 1.28 bits per heavy atom. The molecule has 25 heavy (non-hydrogen) atoms. The van der Waals surface area contributed by atoms with Gasteiger partial charge in [-0.05, 0) is 43.0 Å². The molecule has 8 heteroatoms. The molecule has 1 aliphatic rings. The highest BCUT2D eigenvalue weighted by Gasteiger charge is 2.27. The zero-order valence-corrected chi connectivity index (χ0v) is 15.7. The van der Waals surface area contributed by atoms with Crippen LogP contribution in [0.1, 0.15) is 36.7 Å². The second-order valence-electron chi connectivity index (χ2n) is 6.60. The van der Waals surface area contributed by atoms with Gasteiger partial charge in [0.05, 0.1) is 17.5 Å². The van der Waals surface area contributed by atoms with Crippen molar-refractivity contribution in [2.75, 3.05) is 23.7 Å². The van der Waals surface area contributed by atoms with Crippen molar-refractivity contribution in [2.24, 2.45) is 5.92 Å². The fourth-order valence-corrected chi connectivity index (χ4v) is 3.48. The molecule has 0 aromatic heterocycles. The van der Waals surface area contributed by atoms with Crippen LogP contribution in [0.5, 0.6) is 0 Å². The van der Waals surface area contributed by atoms with E-state index in [2.05, 4.69) is 5.32 Å². The number of fused-ring (bicyclic) bond motifs is 1. The monoisotopic (exact) mass is 368 g/mol. The van der Waals surface area contributed by atoms with Gasteiger partial charge in [-0.1, -0.05) is 13.8 Å². The molecule has 0 bridgehead atoms. The van der Waals surface area contributed by atoms with Crippen LogP contribution in [0.25, 0.3) is 0 Å². The smallest absolute Gasteiger partial charge is 0.338 e. The maximum absolute atomic E-state index is 12.1. The number of carbonyl (C=O) groups excluding carboxylic acids is 2. The maximum atomic E-state index is 12.1. The number of ether oxygens (including phenoxy) is 1. The largest absolute Gasteiger partial charge is 0.452 e. The molecule has 1 aliphatic heterocycles. The van der Waals surface area contributed by atoms with E-state index < -0.39 is 16.0 Å². The molecular weight excluding hydrogens is 344 g/mol. The molecule has 0 saturated heterocycles. The first-order valence-electron chi connectivity index (χ1n) is 8.16. The quantitative estimate of drug-likeness (QED) is 0.765. The van der Waals surface area contributed by atoms with Crippen LogP contribution in [-0.4, -0.2) is 45.7 Å². The van der Waals surface area contributed by atoms with Gasteiger partial charge in [0.15, 0.2) is 6.61 Å². The normalized spacial score (nSPS) is 15.0. The Kier molecular flexibility index (Phi) is 5.72. The molecule has 0 unspecified atom stereocenters. The van der Waals surface area contributed by atoms with E-state index in [1.54, 1.807) is 12.1 Å². The van der Waals surface area contributed by atoms with E-state index in [-0.39, 0.29) is 24.5 Å². The summed E-state index contributed by atoms with van der Waals surface area (Å²) in [6.45, 7) is 5.88. The Morgan fingerprint density at radius 3 is 2.56 bits per heavy atom. The first kappa shape index (κ1) is 19.2. The number of carbonyl (C=O) groups is 2. The lowest BCUT2D eigenvalue weighted by atomic mass is 10.1. The lowest BCUT2D eigenvalue weighted by Gasteiger charge is -2.17. The van der Waals surface area contributed by atoms with Crippen molar-refractivity contribution in [3.8, 4) is 0 Å². The third-order valence-corrected chi connectivity index (χ3v) is 5.47. The number of rotatable bonds is 6. The summed E-state index contributed by atoms with van der Waals surface area (Å²) in [6.07, 6.45) is 1.69. The number of sulfonamides is 1. The van der Waals surface area contributed by atoms with Crippen molar-refractivity contribution in [1.82, 2.24) is 5.32 Å². The zero-order valence-electron chi connectivity index (χ0n) is 14.9. The molecular formula is C17H24N2O5S. The number of nitrogens with one attached hydrogen (secondary N) is 1. The third-order valence-electron chi connectivity index (χ3n) is 4.29. The highest BCUT2D eigenvalue weighted by atomic mass is 32.2. The van der Waals surface area contributed by atoms with Crippen molar-refractivity contribution in [2.45, 2.75) is 33.2 Å². The number of amides is 1. The summed E-state index contributed by atoms with van der Waals surface area (Å²) in [5.41, 5.74) is 1.67. The lowest BCUT2D eigenvalue weighted by molar-refractivity contribution is -0.125. The molecule has 2 rings (SSSR count). The van der Waals surface area contributed by atoms with Crippen LogP contribution in [0.15, 0.2) is 18.2 Å². The molecule has 1 N–H and O–H groups in total. The first-order chi connectivity index (χ1) is 11.6. The molecule has 7 nitrogen and oxygen atoms in total. The standard InChI is InChI=1S/C17H24N2O5S/c1-11(2)12(3)18-16(20)10-24-17(21)14-5-6-15-13(9-14)7-8-19(15)25(4,22)23/h5-6,9,11-12H,7-8,10H2,1-4H3,(H,18,20)/t12-/m1/s1. The Morgan fingerprint density at radius 2 is 1.96 bits per heavy atom. The van der Waals surface area contributed by atoms with Crippen molar-refractivity contribution in [3.63, 3.8) is 0 Å². The second-order valence-corrected chi connectivity index (χ2v) is 8.51. The van der Waals surface area contributed by atoms with Gasteiger partial charge >= 0.3 is 5.97 Å². The van der Waals surface area contributed by atoms with Gasteiger partial charge in [-0.25, -0.2) is 13.2 Å². The summed E-state index contributed by atoms with van der Waals surface area (Å²) in [7, 11) is -3.32. The van der Waals surface area contributed by atoms with Crippen LogP contribution < -0.4 is 9.62 Å². The summed E-state index contributed by atoms with van der Waals surface area (Å²) in [5, 5.41) is 2.76. The van der Waals surface area contributed by atoms with Crippen LogP contribution in [0.3, 0.4) is 0 Å². The Balaban J connectivity index is 1.99. The molecule has 1 aromatic carbocycles. The van der Waals surface area contributed by atoms with E-state index in [0.717, 1.165) is 11.8 Å². The number of hydrogen-bond donors (Lipinski definition) is 1. The maximum Gasteiger partial charge on any atom is 0.338 e. The predicted molar refractivity (Wildman–Crippen MR) is 95.1 cm³/mol. The third kappa shape index (κ3) is 4.72. The van der Waals surface area contributed by atoms with Crippen molar-refractivity contribution in [3.05, 3.63) is 29.3 Å². The molecule has 0 radical (unpaired) electrons. The van der Waals surface area contributed by atoms with Gasteiger partial charge < -0.3 is 10.1 Å². The number of nitrogens with zero attached hydrogens (tertiary/aromatic N) is 1. The molecule has 1 atom stereocenters. The van der Waals surface area contributed by atoms with Crippen LogP contribution in [-0.2, 0) is 26.0 Å².